The molecule has 1 rings (SSSR count). The summed E-state index contributed by atoms with van der Waals surface area (Å²) in [6.07, 6.45) is 0. The van der Waals surface area contributed by atoms with Crippen LogP contribution in [0.5, 0.6) is 11.5 Å². The van der Waals surface area contributed by atoms with Crippen LogP contribution in [0.2, 0.25) is 5.02 Å². The van der Waals surface area contributed by atoms with Crippen LogP contribution in [-0.4, -0.2) is 38.1 Å². The van der Waals surface area contributed by atoms with Crippen molar-refractivity contribution in [3.63, 3.8) is 0 Å². The Morgan fingerprint density at radius 2 is 1.90 bits per heavy atom. The van der Waals surface area contributed by atoms with Crippen LogP contribution in [0.3, 0.4) is 0 Å². The SMILES string of the molecule is Oc1cc[c]([Na])c(Cl)c1O. The van der Waals surface area contributed by atoms with Gasteiger partial charge in [0.2, 0.25) is 0 Å². The molecule has 10 heavy (non-hydrogen) atoms. The van der Waals surface area contributed by atoms with Gasteiger partial charge in [-0.2, -0.15) is 0 Å². The standard InChI is InChI=1S/C6H4ClO2.Na/c7-4-2-1-3-5(8)6(4)9;/h1,3,8-9H;. The molecule has 0 radical (unpaired) electrons. The van der Waals surface area contributed by atoms with Crippen LogP contribution in [0.1, 0.15) is 0 Å². The van der Waals surface area contributed by atoms with E-state index in [4.69, 9.17) is 21.8 Å². The van der Waals surface area contributed by atoms with Gasteiger partial charge in [-0.3, -0.25) is 0 Å². The summed E-state index contributed by atoms with van der Waals surface area (Å²) in [6.45, 7) is 0. The minimum absolute atomic E-state index is 0.162. The van der Waals surface area contributed by atoms with Crippen molar-refractivity contribution in [1.82, 2.24) is 0 Å². The molecule has 0 unspecified atom stereocenters. The molecule has 4 heteroatoms. The van der Waals surface area contributed by atoms with Crippen molar-refractivity contribution in [3.05, 3.63) is 17.2 Å². The van der Waals surface area contributed by atoms with E-state index < -0.39 is 0 Å². The molecule has 48 valence electrons. The van der Waals surface area contributed by atoms with Crippen molar-refractivity contribution in [2.45, 2.75) is 0 Å². The van der Waals surface area contributed by atoms with Gasteiger partial charge >= 0.3 is 81.2 Å². The third kappa shape index (κ3) is 1.40. The minimum atomic E-state index is -0.214. The van der Waals surface area contributed by atoms with Gasteiger partial charge in [-0.25, -0.2) is 0 Å². The van der Waals surface area contributed by atoms with Crippen molar-refractivity contribution >= 4 is 42.3 Å². The maximum absolute atomic E-state index is 9.03. The average molecular weight is 167 g/mol. The zero-order valence-electron chi connectivity index (χ0n) is 5.43. The van der Waals surface area contributed by atoms with E-state index in [1.165, 1.54) is 6.07 Å². The normalized spacial score (nSPS) is 9.90. The average Bonchev–Trinajstić information content (AvgIpc) is 1.93. The van der Waals surface area contributed by atoms with Gasteiger partial charge < -0.3 is 0 Å². The number of phenolic OH excluding ortho intramolecular Hbond substituents is 2. The van der Waals surface area contributed by atoms with Crippen molar-refractivity contribution in [2.24, 2.45) is 0 Å². The molecule has 0 saturated carbocycles. The van der Waals surface area contributed by atoms with E-state index in [1.54, 1.807) is 6.07 Å². The van der Waals surface area contributed by atoms with Gasteiger partial charge in [0.05, 0.1) is 0 Å². The van der Waals surface area contributed by atoms with Crippen molar-refractivity contribution in [2.75, 3.05) is 0 Å². The van der Waals surface area contributed by atoms with E-state index in [1.807, 2.05) is 0 Å². The van der Waals surface area contributed by atoms with Gasteiger partial charge in [0.1, 0.15) is 0 Å². The number of phenols is 2. The van der Waals surface area contributed by atoms with Crippen LogP contribution >= 0.6 is 11.6 Å². The second-order valence-electron chi connectivity index (χ2n) is 2.06. The Hall–Kier alpha value is 0.110. The van der Waals surface area contributed by atoms with E-state index in [0.717, 1.165) is 30.7 Å². The molecule has 0 heterocycles. The topological polar surface area (TPSA) is 40.5 Å². The van der Waals surface area contributed by atoms with Crippen LogP contribution in [0.4, 0.5) is 0 Å². The van der Waals surface area contributed by atoms with Crippen LogP contribution < -0.4 is 2.81 Å². The molecular weight excluding hydrogens is 163 g/mol. The summed E-state index contributed by atoms with van der Waals surface area (Å²) in [4.78, 5) is 0. The molecule has 0 bridgehead atoms. The van der Waals surface area contributed by atoms with Crippen LogP contribution in [0, 0.1) is 0 Å². The maximum atomic E-state index is 9.03. The van der Waals surface area contributed by atoms with E-state index >= 15 is 0 Å². The zero-order valence-corrected chi connectivity index (χ0v) is 8.18. The fourth-order valence-corrected chi connectivity index (χ4v) is 1.22. The number of hydrogen-bond acceptors (Lipinski definition) is 2. The molecule has 0 spiro atoms. The zero-order chi connectivity index (χ0) is 7.72. The molecule has 2 nitrogen and oxygen atoms in total. The van der Waals surface area contributed by atoms with Crippen LogP contribution in [0.15, 0.2) is 12.1 Å². The Bertz CT molecular complexity index is 235. The number of halogens is 1. The molecule has 0 saturated heterocycles. The Balaban J connectivity index is 3.34. The van der Waals surface area contributed by atoms with Crippen molar-refractivity contribution in [1.29, 1.82) is 0 Å². The third-order valence-electron chi connectivity index (χ3n) is 1.29. The first-order chi connectivity index (χ1) is 4.63. The molecule has 0 aliphatic carbocycles. The molecule has 0 aliphatic heterocycles. The fraction of sp³-hybridized carbons (Fsp3) is 0. The first kappa shape index (κ1) is 8.21. The third-order valence-corrected chi connectivity index (χ3v) is 2.92. The summed E-state index contributed by atoms with van der Waals surface area (Å²) in [6, 6.07) is 3.13. The van der Waals surface area contributed by atoms with Crippen LogP contribution in [-0.2, 0) is 0 Å². The summed E-state index contributed by atoms with van der Waals surface area (Å²) in [7, 11) is 0. The number of rotatable bonds is 0. The summed E-state index contributed by atoms with van der Waals surface area (Å²) in [5, 5.41) is 18.2. The quantitative estimate of drug-likeness (QED) is 0.436. The summed E-state index contributed by atoms with van der Waals surface area (Å²) >= 11 is 6.38. The summed E-state index contributed by atoms with van der Waals surface area (Å²) in [5.41, 5.74) is 0. The molecule has 1 aromatic rings. The van der Waals surface area contributed by atoms with E-state index in [-0.39, 0.29) is 16.5 Å². The summed E-state index contributed by atoms with van der Waals surface area (Å²) in [5.74, 6) is -0.376. The number of aromatic hydroxyl groups is 2. The predicted octanol–water partition coefficient (Wildman–Crippen LogP) is 0.545. The second kappa shape index (κ2) is 3.01. The predicted molar refractivity (Wildman–Crippen MR) is 40.2 cm³/mol. The van der Waals surface area contributed by atoms with Gasteiger partial charge in [0.15, 0.2) is 0 Å². The fourth-order valence-electron chi connectivity index (χ4n) is 0.655. The molecule has 0 fully saturated rings. The molecule has 0 amide bonds. The molecule has 2 N–H and O–H groups in total. The van der Waals surface area contributed by atoms with Gasteiger partial charge in [-0.1, -0.05) is 0 Å². The van der Waals surface area contributed by atoms with Crippen LogP contribution in [0.25, 0.3) is 0 Å². The van der Waals surface area contributed by atoms with Gasteiger partial charge in [0, 0.05) is 0 Å². The van der Waals surface area contributed by atoms with Gasteiger partial charge in [-0.15, -0.1) is 0 Å². The first-order valence-corrected chi connectivity index (χ1v) is 4.17. The molecule has 0 aliphatic rings. The Labute approximate surface area is 80.9 Å². The number of benzene rings is 1. The molecule has 0 aromatic heterocycles. The second-order valence-corrected chi connectivity index (χ2v) is 3.52. The monoisotopic (exact) mass is 166 g/mol. The number of hydrogen-bond donors (Lipinski definition) is 2. The van der Waals surface area contributed by atoms with Crippen molar-refractivity contribution in [3.8, 4) is 11.5 Å². The molecule has 0 atom stereocenters. The van der Waals surface area contributed by atoms with E-state index in [9.17, 15) is 0 Å². The molecule has 1 aromatic carbocycles. The Kier molecular flexibility index (Phi) is 2.47. The van der Waals surface area contributed by atoms with E-state index in [2.05, 4.69) is 0 Å². The van der Waals surface area contributed by atoms with Gasteiger partial charge in [0.25, 0.3) is 0 Å². The van der Waals surface area contributed by atoms with E-state index in [0.29, 0.717) is 0 Å². The first-order valence-electron chi connectivity index (χ1n) is 2.80. The summed E-state index contributed by atoms with van der Waals surface area (Å²) < 4.78 is 0.886. The Morgan fingerprint density at radius 3 is 2.40 bits per heavy atom. The van der Waals surface area contributed by atoms with Crippen molar-refractivity contribution < 1.29 is 10.2 Å². The Morgan fingerprint density at radius 1 is 1.30 bits per heavy atom. The van der Waals surface area contributed by atoms with Gasteiger partial charge in [-0.05, 0) is 0 Å². The molecular formula is C6H4ClNaO2.